The van der Waals surface area contributed by atoms with E-state index in [1.165, 1.54) is 49.5 Å². The Morgan fingerprint density at radius 3 is 1.73 bits per heavy atom. The molecule has 12 rings (SSSR count). The highest BCUT2D eigenvalue weighted by molar-refractivity contribution is 6.20. The quantitative estimate of drug-likeness (QED) is 0.168. The lowest BCUT2D eigenvalue weighted by Crippen LogP contribution is -2.28. The number of anilines is 3. The van der Waals surface area contributed by atoms with Crippen LogP contribution < -0.4 is 4.90 Å². The second kappa shape index (κ2) is 13.2. The smallest absolute Gasteiger partial charge is 0.143 e. The summed E-state index contributed by atoms with van der Waals surface area (Å²) in [5, 5.41) is 6.91. The number of nitrogens with zero attached hydrogens (tertiary/aromatic N) is 1. The molecule has 0 bridgehead atoms. The molecule has 2 nitrogen and oxygen atoms in total. The molecule has 1 aliphatic carbocycles. The molecule has 11 aromatic rings. The lowest BCUT2D eigenvalue weighted by atomic mass is 9.67. The molecular formula is C57H37NO. The molecule has 1 aliphatic rings. The van der Waals surface area contributed by atoms with Crippen molar-refractivity contribution < 1.29 is 4.42 Å². The standard InChI is InChI=1S/C57H37NO/c1-3-20-40(21-4-1)57(41-22-5-2-6-23-41)50-29-13-11-26-45(50)46-36-34-42(37-51(46)57)58(52-31-15-19-38-17-7-9-24-43(38)52)53-30-14-12-27-47(53)48-28-16-32-54-55(48)49-35-33-39-18-8-10-25-44(39)56(49)59-54/h1-37H. The molecule has 0 saturated carbocycles. The lowest BCUT2D eigenvalue weighted by Gasteiger charge is -2.35. The summed E-state index contributed by atoms with van der Waals surface area (Å²) in [6.07, 6.45) is 0. The van der Waals surface area contributed by atoms with Crippen LogP contribution in [0.25, 0.3) is 65.7 Å². The van der Waals surface area contributed by atoms with Crippen molar-refractivity contribution in [3.63, 3.8) is 0 Å². The number of fused-ring (bicyclic) bond motifs is 9. The van der Waals surface area contributed by atoms with Gasteiger partial charge in [0.25, 0.3) is 0 Å². The minimum Gasteiger partial charge on any atom is -0.455 e. The van der Waals surface area contributed by atoms with Gasteiger partial charge in [-0.1, -0.05) is 188 Å². The minimum absolute atomic E-state index is 0.529. The van der Waals surface area contributed by atoms with Gasteiger partial charge in [0.15, 0.2) is 0 Å². The van der Waals surface area contributed by atoms with Gasteiger partial charge in [0.05, 0.1) is 16.8 Å². The second-order valence-corrected chi connectivity index (χ2v) is 15.6. The first-order chi connectivity index (χ1) is 29.3. The van der Waals surface area contributed by atoms with E-state index < -0.39 is 5.41 Å². The van der Waals surface area contributed by atoms with Crippen LogP contribution in [0.4, 0.5) is 17.1 Å². The van der Waals surface area contributed by atoms with E-state index in [1.54, 1.807) is 0 Å². The van der Waals surface area contributed by atoms with E-state index >= 15 is 0 Å². The summed E-state index contributed by atoms with van der Waals surface area (Å²) in [4.78, 5) is 2.48. The Morgan fingerprint density at radius 1 is 0.356 bits per heavy atom. The van der Waals surface area contributed by atoms with E-state index in [0.717, 1.165) is 55.5 Å². The van der Waals surface area contributed by atoms with Crippen LogP contribution in [-0.2, 0) is 5.41 Å². The van der Waals surface area contributed by atoms with Crippen LogP contribution in [-0.4, -0.2) is 0 Å². The first-order valence-corrected chi connectivity index (χ1v) is 20.3. The Hall–Kier alpha value is -7.68. The van der Waals surface area contributed by atoms with Crippen molar-refractivity contribution in [2.75, 3.05) is 4.90 Å². The van der Waals surface area contributed by atoms with Crippen LogP contribution in [0.1, 0.15) is 22.3 Å². The molecule has 10 aromatic carbocycles. The average molecular weight is 752 g/mol. The maximum Gasteiger partial charge on any atom is 0.143 e. The van der Waals surface area contributed by atoms with Gasteiger partial charge < -0.3 is 9.32 Å². The van der Waals surface area contributed by atoms with E-state index in [0.29, 0.717) is 0 Å². The maximum absolute atomic E-state index is 6.73. The molecule has 2 heteroatoms. The molecule has 59 heavy (non-hydrogen) atoms. The van der Waals surface area contributed by atoms with Crippen LogP contribution in [0.2, 0.25) is 0 Å². The number of hydrogen-bond donors (Lipinski definition) is 0. The van der Waals surface area contributed by atoms with Crippen LogP contribution in [0, 0.1) is 0 Å². The number of benzene rings is 10. The Balaban J connectivity index is 1.16. The average Bonchev–Trinajstić information content (AvgIpc) is 3.84. The van der Waals surface area contributed by atoms with Crippen LogP contribution in [0.15, 0.2) is 229 Å². The van der Waals surface area contributed by atoms with Gasteiger partial charge in [-0.15, -0.1) is 0 Å². The molecule has 0 radical (unpaired) electrons. The largest absolute Gasteiger partial charge is 0.455 e. The van der Waals surface area contributed by atoms with Crippen molar-refractivity contribution in [3.05, 3.63) is 247 Å². The summed E-state index contributed by atoms with van der Waals surface area (Å²) in [7, 11) is 0. The predicted molar refractivity (Wildman–Crippen MR) is 246 cm³/mol. The van der Waals surface area contributed by atoms with E-state index in [1.807, 2.05) is 0 Å². The number of rotatable bonds is 6. The van der Waals surface area contributed by atoms with E-state index in [9.17, 15) is 0 Å². The number of para-hydroxylation sites is 1. The molecule has 0 atom stereocenters. The topological polar surface area (TPSA) is 16.4 Å². The zero-order valence-electron chi connectivity index (χ0n) is 32.2. The Kier molecular flexibility index (Phi) is 7.48. The Labute approximate surface area is 342 Å². The van der Waals surface area contributed by atoms with Gasteiger partial charge in [0.2, 0.25) is 0 Å². The summed E-state index contributed by atoms with van der Waals surface area (Å²) >= 11 is 0. The third kappa shape index (κ3) is 4.93. The van der Waals surface area contributed by atoms with E-state index in [-0.39, 0.29) is 0 Å². The second-order valence-electron chi connectivity index (χ2n) is 15.6. The maximum atomic E-state index is 6.73. The van der Waals surface area contributed by atoms with Crippen LogP contribution >= 0.6 is 0 Å². The number of hydrogen-bond acceptors (Lipinski definition) is 2. The van der Waals surface area contributed by atoms with E-state index in [4.69, 9.17) is 4.42 Å². The fourth-order valence-corrected chi connectivity index (χ4v) is 10.1. The van der Waals surface area contributed by atoms with E-state index in [2.05, 4.69) is 229 Å². The van der Waals surface area contributed by atoms with Gasteiger partial charge in [0.1, 0.15) is 11.2 Å². The van der Waals surface area contributed by atoms with Gasteiger partial charge in [0, 0.05) is 32.8 Å². The fraction of sp³-hybridized carbons (Fsp3) is 0.0175. The van der Waals surface area contributed by atoms with Gasteiger partial charge in [-0.2, -0.15) is 0 Å². The van der Waals surface area contributed by atoms with Crippen molar-refractivity contribution in [3.8, 4) is 22.3 Å². The molecule has 0 unspecified atom stereocenters. The van der Waals surface area contributed by atoms with Crippen molar-refractivity contribution in [2.24, 2.45) is 0 Å². The molecule has 0 spiro atoms. The third-order valence-electron chi connectivity index (χ3n) is 12.5. The van der Waals surface area contributed by atoms with Gasteiger partial charge >= 0.3 is 0 Å². The fourth-order valence-electron chi connectivity index (χ4n) is 10.1. The molecular weight excluding hydrogens is 715 g/mol. The predicted octanol–water partition coefficient (Wildman–Crippen LogP) is 15.4. The molecule has 1 heterocycles. The highest BCUT2D eigenvalue weighted by Crippen LogP contribution is 2.58. The van der Waals surface area contributed by atoms with Crippen LogP contribution in [0.5, 0.6) is 0 Å². The zero-order valence-corrected chi connectivity index (χ0v) is 32.2. The number of furan rings is 1. The highest BCUT2D eigenvalue weighted by atomic mass is 16.3. The van der Waals surface area contributed by atoms with Crippen molar-refractivity contribution in [2.45, 2.75) is 5.41 Å². The lowest BCUT2D eigenvalue weighted by molar-refractivity contribution is 0.673. The molecule has 0 fully saturated rings. The molecule has 0 saturated heterocycles. The van der Waals surface area contributed by atoms with Gasteiger partial charge in [-0.3, -0.25) is 0 Å². The van der Waals surface area contributed by atoms with Gasteiger partial charge in [-0.05, 0) is 86.1 Å². The Morgan fingerprint density at radius 2 is 0.932 bits per heavy atom. The normalized spacial score (nSPS) is 12.9. The Bertz CT molecular complexity index is 3350. The molecule has 1 aromatic heterocycles. The molecule has 0 amide bonds. The summed E-state index contributed by atoms with van der Waals surface area (Å²) in [5.74, 6) is 0. The van der Waals surface area contributed by atoms with Gasteiger partial charge in [-0.25, -0.2) is 0 Å². The summed E-state index contributed by atoms with van der Waals surface area (Å²) < 4.78 is 6.73. The highest BCUT2D eigenvalue weighted by Gasteiger charge is 2.46. The zero-order chi connectivity index (χ0) is 38.9. The third-order valence-corrected chi connectivity index (χ3v) is 12.5. The summed E-state index contributed by atoms with van der Waals surface area (Å²) in [6, 6.07) is 81.9. The minimum atomic E-state index is -0.529. The molecule has 0 N–H and O–H groups in total. The summed E-state index contributed by atoms with van der Waals surface area (Å²) in [6.45, 7) is 0. The molecule has 0 aliphatic heterocycles. The van der Waals surface area contributed by atoms with Crippen molar-refractivity contribution in [1.82, 2.24) is 0 Å². The monoisotopic (exact) mass is 751 g/mol. The SMILES string of the molecule is c1ccc(C2(c3ccccc3)c3ccccc3-c3ccc(N(c4ccccc4-c4cccc5oc6c7ccccc7ccc6c45)c4cccc5ccccc45)cc32)cc1. The van der Waals surface area contributed by atoms with Crippen LogP contribution in [0.3, 0.4) is 0 Å². The van der Waals surface area contributed by atoms with Crippen molar-refractivity contribution >= 4 is 60.5 Å². The first kappa shape index (κ1) is 33.5. The first-order valence-electron chi connectivity index (χ1n) is 20.3. The summed E-state index contributed by atoms with van der Waals surface area (Å²) in [5.41, 5.74) is 14.4. The van der Waals surface area contributed by atoms with Crippen molar-refractivity contribution in [1.29, 1.82) is 0 Å². The molecule has 276 valence electrons.